The van der Waals surface area contributed by atoms with Crippen molar-refractivity contribution in [1.82, 2.24) is 20.0 Å². The van der Waals surface area contributed by atoms with Gasteiger partial charge in [0.25, 0.3) is 0 Å². The number of carbonyl (C=O) groups excluding carboxylic acids is 1. The first-order valence-corrected chi connectivity index (χ1v) is 7.24. The van der Waals surface area contributed by atoms with Gasteiger partial charge in [-0.15, -0.1) is 10.2 Å². The fourth-order valence-corrected chi connectivity index (χ4v) is 2.21. The Labute approximate surface area is 143 Å². The van der Waals surface area contributed by atoms with E-state index in [1.165, 1.54) is 22.7 Å². The maximum Gasteiger partial charge on any atom is 0.416 e. The minimum atomic E-state index is -4.40. The quantitative estimate of drug-likeness (QED) is 0.571. The average Bonchev–Trinajstić information content (AvgIpc) is 3.00. The number of carbonyl (C=O) groups is 1. The lowest BCUT2D eigenvalue weighted by molar-refractivity contribution is -0.137. The van der Waals surface area contributed by atoms with Crippen LogP contribution in [-0.4, -0.2) is 26.7 Å². The Bertz CT molecular complexity index is 950. The van der Waals surface area contributed by atoms with Gasteiger partial charge in [0.1, 0.15) is 0 Å². The van der Waals surface area contributed by atoms with Gasteiger partial charge in [0.15, 0.2) is 5.65 Å². The number of aromatic nitrogens is 3. The van der Waals surface area contributed by atoms with Crippen molar-refractivity contribution in [1.29, 1.82) is 0 Å². The fourth-order valence-electron chi connectivity index (χ4n) is 2.01. The molecule has 3 aromatic rings. The second-order valence-electron chi connectivity index (χ2n) is 4.89. The van der Waals surface area contributed by atoms with Crippen molar-refractivity contribution in [2.45, 2.75) is 6.18 Å². The molecule has 0 bridgehead atoms. The van der Waals surface area contributed by atoms with Gasteiger partial charge in [0.2, 0.25) is 5.82 Å². The lowest BCUT2D eigenvalue weighted by atomic mass is 10.1. The lowest BCUT2D eigenvalue weighted by Gasteiger charge is -2.05. The maximum atomic E-state index is 12.5. The van der Waals surface area contributed by atoms with E-state index in [-0.39, 0.29) is 5.82 Å². The molecule has 10 heteroatoms. The maximum absolute atomic E-state index is 12.5. The van der Waals surface area contributed by atoms with Gasteiger partial charge in [0.05, 0.1) is 16.8 Å². The molecule has 0 aliphatic heterocycles. The third kappa shape index (κ3) is 3.61. The Kier molecular flexibility index (Phi) is 4.41. The smallest absolute Gasteiger partial charge is 0.277 e. The van der Waals surface area contributed by atoms with Gasteiger partial charge in [0, 0.05) is 6.20 Å². The monoisotopic (exact) mass is 367 g/mol. The number of pyridine rings is 1. The number of alkyl halides is 3. The minimum absolute atomic E-state index is 0.0259. The standard InChI is InChI=1S/C15H9ClF3N5O/c16-11-2-1-7-24-12(11)21-22-13(24)14(25)23-20-8-9-3-5-10(6-4-9)15(17,18)19/h1-8H,(H,23,25). The first kappa shape index (κ1) is 16.9. The second kappa shape index (κ2) is 6.52. The van der Waals surface area contributed by atoms with E-state index in [0.29, 0.717) is 16.2 Å². The van der Waals surface area contributed by atoms with E-state index in [1.807, 2.05) is 0 Å². The zero-order valence-corrected chi connectivity index (χ0v) is 13.1. The Morgan fingerprint density at radius 1 is 1.20 bits per heavy atom. The predicted octanol–water partition coefficient (Wildman–Crippen LogP) is 3.17. The van der Waals surface area contributed by atoms with Crippen LogP contribution in [0, 0.1) is 0 Å². The number of fused-ring (bicyclic) bond motifs is 1. The molecular weight excluding hydrogens is 359 g/mol. The molecule has 25 heavy (non-hydrogen) atoms. The van der Waals surface area contributed by atoms with Crippen molar-refractivity contribution < 1.29 is 18.0 Å². The Morgan fingerprint density at radius 3 is 2.60 bits per heavy atom. The molecule has 128 valence electrons. The van der Waals surface area contributed by atoms with E-state index in [4.69, 9.17) is 11.6 Å². The summed E-state index contributed by atoms with van der Waals surface area (Å²) in [5, 5.41) is 11.6. The van der Waals surface area contributed by atoms with Gasteiger partial charge in [-0.3, -0.25) is 9.20 Å². The molecule has 0 fully saturated rings. The van der Waals surface area contributed by atoms with Gasteiger partial charge in [-0.25, -0.2) is 5.43 Å². The Morgan fingerprint density at radius 2 is 1.92 bits per heavy atom. The average molecular weight is 368 g/mol. The van der Waals surface area contributed by atoms with Crippen LogP contribution in [-0.2, 0) is 6.18 Å². The highest BCUT2D eigenvalue weighted by Gasteiger charge is 2.29. The van der Waals surface area contributed by atoms with Crippen molar-refractivity contribution in [2.75, 3.05) is 0 Å². The van der Waals surface area contributed by atoms with Gasteiger partial charge in [-0.1, -0.05) is 23.7 Å². The number of benzene rings is 1. The summed E-state index contributed by atoms with van der Waals surface area (Å²) in [7, 11) is 0. The number of amides is 1. The van der Waals surface area contributed by atoms with Crippen molar-refractivity contribution in [3.05, 3.63) is 64.6 Å². The van der Waals surface area contributed by atoms with E-state index in [2.05, 4.69) is 20.7 Å². The Hall–Kier alpha value is -2.94. The molecule has 2 aromatic heterocycles. The van der Waals surface area contributed by atoms with E-state index in [1.54, 1.807) is 18.3 Å². The van der Waals surface area contributed by atoms with Crippen LogP contribution < -0.4 is 5.43 Å². The number of hydrogen-bond donors (Lipinski definition) is 1. The van der Waals surface area contributed by atoms with Crippen molar-refractivity contribution in [3.63, 3.8) is 0 Å². The van der Waals surface area contributed by atoms with E-state index in [0.717, 1.165) is 12.1 Å². The summed E-state index contributed by atoms with van der Waals surface area (Å²) in [6, 6.07) is 7.57. The molecule has 2 heterocycles. The summed E-state index contributed by atoms with van der Waals surface area (Å²) in [5.41, 5.74) is 2.18. The molecule has 0 saturated heterocycles. The van der Waals surface area contributed by atoms with Crippen LogP contribution in [0.1, 0.15) is 21.7 Å². The van der Waals surface area contributed by atoms with Crippen molar-refractivity contribution >= 4 is 29.4 Å². The molecule has 1 N–H and O–H groups in total. The molecule has 0 atom stereocenters. The topological polar surface area (TPSA) is 71.7 Å². The second-order valence-corrected chi connectivity index (χ2v) is 5.30. The molecule has 0 aliphatic rings. The molecule has 0 saturated carbocycles. The van der Waals surface area contributed by atoms with Gasteiger partial charge < -0.3 is 0 Å². The van der Waals surface area contributed by atoms with Crippen LogP contribution in [0.4, 0.5) is 13.2 Å². The van der Waals surface area contributed by atoms with Crippen molar-refractivity contribution in [3.8, 4) is 0 Å². The summed E-state index contributed by atoms with van der Waals surface area (Å²) in [6.07, 6.45) is -1.62. The summed E-state index contributed by atoms with van der Waals surface area (Å²) in [4.78, 5) is 12.1. The number of hydrazone groups is 1. The van der Waals surface area contributed by atoms with Crippen LogP contribution in [0.3, 0.4) is 0 Å². The number of halogens is 4. The van der Waals surface area contributed by atoms with Gasteiger partial charge >= 0.3 is 12.1 Å². The van der Waals surface area contributed by atoms with Crippen LogP contribution in [0.2, 0.25) is 5.02 Å². The SMILES string of the molecule is O=C(NN=Cc1ccc(C(F)(F)F)cc1)c1nnc2c(Cl)cccn12. The number of nitrogens with one attached hydrogen (secondary N) is 1. The van der Waals surface area contributed by atoms with Crippen LogP contribution in [0.15, 0.2) is 47.7 Å². The molecular formula is C15H9ClF3N5O. The number of nitrogens with zero attached hydrogens (tertiary/aromatic N) is 4. The van der Waals surface area contributed by atoms with Crippen LogP contribution in [0.25, 0.3) is 5.65 Å². The summed E-state index contributed by atoms with van der Waals surface area (Å²) >= 11 is 5.94. The normalized spacial score (nSPS) is 12.0. The van der Waals surface area contributed by atoms with E-state index < -0.39 is 17.6 Å². The molecule has 6 nitrogen and oxygen atoms in total. The highest BCUT2D eigenvalue weighted by molar-refractivity contribution is 6.33. The predicted molar refractivity (Wildman–Crippen MR) is 84.5 cm³/mol. The Balaban J connectivity index is 1.71. The number of hydrogen-bond acceptors (Lipinski definition) is 4. The van der Waals surface area contributed by atoms with E-state index in [9.17, 15) is 18.0 Å². The summed E-state index contributed by atoms with van der Waals surface area (Å²) < 4.78 is 38.8. The zero-order chi connectivity index (χ0) is 18.0. The van der Waals surface area contributed by atoms with Crippen molar-refractivity contribution in [2.24, 2.45) is 5.10 Å². The van der Waals surface area contributed by atoms with E-state index >= 15 is 0 Å². The highest BCUT2D eigenvalue weighted by atomic mass is 35.5. The molecule has 0 aliphatic carbocycles. The number of rotatable bonds is 3. The first-order valence-electron chi connectivity index (χ1n) is 6.86. The summed E-state index contributed by atoms with van der Waals surface area (Å²) in [5.74, 6) is -0.667. The fraction of sp³-hybridized carbons (Fsp3) is 0.0667. The van der Waals surface area contributed by atoms with Gasteiger partial charge in [-0.05, 0) is 29.8 Å². The van der Waals surface area contributed by atoms with Gasteiger partial charge in [-0.2, -0.15) is 18.3 Å². The molecule has 1 aromatic carbocycles. The first-order chi connectivity index (χ1) is 11.9. The third-order valence-electron chi connectivity index (χ3n) is 3.21. The summed E-state index contributed by atoms with van der Waals surface area (Å²) in [6.45, 7) is 0. The molecule has 1 amide bonds. The van der Waals surface area contributed by atoms with Crippen LogP contribution in [0.5, 0.6) is 0 Å². The zero-order valence-electron chi connectivity index (χ0n) is 12.3. The lowest BCUT2D eigenvalue weighted by Crippen LogP contribution is -2.20. The highest BCUT2D eigenvalue weighted by Crippen LogP contribution is 2.28. The third-order valence-corrected chi connectivity index (χ3v) is 3.50. The largest absolute Gasteiger partial charge is 0.416 e. The van der Waals surface area contributed by atoms with Crippen LogP contribution >= 0.6 is 11.6 Å². The molecule has 0 radical (unpaired) electrons. The molecule has 3 rings (SSSR count). The molecule has 0 spiro atoms. The molecule has 0 unspecified atom stereocenters. The minimum Gasteiger partial charge on any atom is -0.277 e.